The van der Waals surface area contributed by atoms with Crippen molar-refractivity contribution >= 4 is 5.91 Å². The Hall–Kier alpha value is -1.36. The summed E-state index contributed by atoms with van der Waals surface area (Å²) in [4.78, 5) is 15.8. The van der Waals surface area contributed by atoms with E-state index in [1.807, 2.05) is 12.5 Å². The van der Waals surface area contributed by atoms with Crippen molar-refractivity contribution in [3.63, 3.8) is 0 Å². The summed E-state index contributed by atoms with van der Waals surface area (Å²) in [6.45, 7) is 1.55. The SMILES string of the molecule is O=C1NCCCC1NCc1cncn1C1CC1. The van der Waals surface area contributed by atoms with Crippen molar-refractivity contribution in [1.29, 1.82) is 0 Å². The molecule has 1 saturated carbocycles. The number of hydrogen-bond acceptors (Lipinski definition) is 3. The lowest BCUT2D eigenvalue weighted by atomic mass is 10.1. The Morgan fingerprint density at radius 2 is 2.35 bits per heavy atom. The van der Waals surface area contributed by atoms with Crippen molar-refractivity contribution in [3.8, 4) is 0 Å². The number of hydrogen-bond donors (Lipinski definition) is 2. The predicted molar refractivity (Wildman–Crippen MR) is 63.4 cm³/mol. The molecule has 0 bridgehead atoms. The minimum absolute atomic E-state index is 0.0358. The molecule has 1 aliphatic heterocycles. The minimum atomic E-state index is -0.0358. The average molecular weight is 234 g/mol. The van der Waals surface area contributed by atoms with E-state index in [9.17, 15) is 4.79 Å². The second-order valence-electron chi connectivity index (χ2n) is 4.89. The highest BCUT2D eigenvalue weighted by molar-refractivity contribution is 5.82. The second-order valence-corrected chi connectivity index (χ2v) is 4.89. The van der Waals surface area contributed by atoms with Crippen LogP contribution in [-0.4, -0.2) is 28.0 Å². The first-order valence-electron chi connectivity index (χ1n) is 6.36. The number of aromatic nitrogens is 2. The molecule has 92 valence electrons. The first-order valence-corrected chi connectivity index (χ1v) is 6.36. The topological polar surface area (TPSA) is 59.0 Å². The third kappa shape index (κ3) is 2.34. The molecule has 0 radical (unpaired) electrons. The van der Waals surface area contributed by atoms with E-state index in [1.54, 1.807) is 0 Å². The number of nitrogens with zero attached hydrogens (tertiary/aromatic N) is 2. The fraction of sp³-hybridized carbons (Fsp3) is 0.667. The summed E-state index contributed by atoms with van der Waals surface area (Å²) in [5.41, 5.74) is 1.19. The highest BCUT2D eigenvalue weighted by Crippen LogP contribution is 2.35. The molecule has 2 heterocycles. The minimum Gasteiger partial charge on any atom is -0.355 e. The van der Waals surface area contributed by atoms with Crippen LogP contribution in [0.25, 0.3) is 0 Å². The number of carbonyl (C=O) groups is 1. The Balaban J connectivity index is 1.59. The lowest BCUT2D eigenvalue weighted by molar-refractivity contribution is -0.124. The zero-order valence-corrected chi connectivity index (χ0v) is 9.85. The van der Waals surface area contributed by atoms with E-state index >= 15 is 0 Å². The molecular formula is C12H18N4O. The van der Waals surface area contributed by atoms with E-state index in [4.69, 9.17) is 0 Å². The summed E-state index contributed by atoms with van der Waals surface area (Å²) in [5, 5.41) is 6.21. The van der Waals surface area contributed by atoms with E-state index < -0.39 is 0 Å². The number of carbonyl (C=O) groups excluding carboxylic acids is 1. The van der Waals surface area contributed by atoms with Gasteiger partial charge in [-0.1, -0.05) is 0 Å². The summed E-state index contributed by atoms with van der Waals surface area (Å²) in [7, 11) is 0. The van der Waals surface area contributed by atoms with Crippen molar-refractivity contribution in [1.82, 2.24) is 20.2 Å². The van der Waals surface area contributed by atoms with Crippen LogP contribution in [-0.2, 0) is 11.3 Å². The standard InChI is InChI=1S/C12H18N4O/c17-12-11(2-1-5-14-12)15-7-10-6-13-8-16(10)9-3-4-9/h6,8-9,11,15H,1-5,7H2,(H,14,17). The van der Waals surface area contributed by atoms with Crippen molar-refractivity contribution in [2.75, 3.05) is 6.54 Å². The van der Waals surface area contributed by atoms with Gasteiger partial charge in [0.2, 0.25) is 5.91 Å². The lowest BCUT2D eigenvalue weighted by Gasteiger charge is -2.23. The molecule has 1 aliphatic carbocycles. The van der Waals surface area contributed by atoms with Crippen LogP contribution in [0.3, 0.4) is 0 Å². The summed E-state index contributed by atoms with van der Waals surface area (Å²) < 4.78 is 2.23. The Morgan fingerprint density at radius 1 is 1.47 bits per heavy atom. The second kappa shape index (κ2) is 4.49. The maximum absolute atomic E-state index is 11.6. The summed E-state index contributed by atoms with van der Waals surface area (Å²) in [6.07, 6.45) is 8.30. The van der Waals surface area contributed by atoms with Crippen LogP contribution in [0, 0.1) is 0 Å². The third-order valence-electron chi connectivity index (χ3n) is 3.50. The molecular weight excluding hydrogens is 216 g/mol. The highest BCUT2D eigenvalue weighted by Gasteiger charge is 2.26. The van der Waals surface area contributed by atoms with E-state index in [-0.39, 0.29) is 11.9 Å². The Morgan fingerprint density at radius 3 is 3.12 bits per heavy atom. The van der Waals surface area contributed by atoms with Crippen LogP contribution in [0.2, 0.25) is 0 Å². The fourth-order valence-electron chi connectivity index (χ4n) is 2.35. The van der Waals surface area contributed by atoms with Gasteiger partial charge in [-0.3, -0.25) is 4.79 Å². The molecule has 1 unspecified atom stereocenters. The van der Waals surface area contributed by atoms with Gasteiger partial charge in [0.1, 0.15) is 0 Å². The predicted octanol–water partition coefficient (Wildman–Crippen LogP) is 0.586. The maximum atomic E-state index is 11.6. The average Bonchev–Trinajstić information content (AvgIpc) is 3.08. The molecule has 2 fully saturated rings. The molecule has 5 heteroatoms. The van der Waals surface area contributed by atoms with E-state index in [2.05, 4.69) is 20.2 Å². The normalized spacial score (nSPS) is 24.7. The zero-order valence-electron chi connectivity index (χ0n) is 9.85. The molecule has 1 aromatic heterocycles. The third-order valence-corrected chi connectivity index (χ3v) is 3.50. The largest absolute Gasteiger partial charge is 0.355 e. The van der Waals surface area contributed by atoms with Crippen LogP contribution in [0.15, 0.2) is 12.5 Å². The number of rotatable bonds is 4. The van der Waals surface area contributed by atoms with Crippen LogP contribution >= 0.6 is 0 Å². The van der Waals surface area contributed by atoms with Crippen LogP contribution in [0.1, 0.15) is 37.4 Å². The van der Waals surface area contributed by atoms with Gasteiger partial charge in [0.05, 0.1) is 18.1 Å². The van der Waals surface area contributed by atoms with Crippen LogP contribution < -0.4 is 10.6 Å². The van der Waals surface area contributed by atoms with E-state index in [1.165, 1.54) is 18.5 Å². The van der Waals surface area contributed by atoms with Gasteiger partial charge in [-0.05, 0) is 25.7 Å². The van der Waals surface area contributed by atoms with Crippen LogP contribution in [0.4, 0.5) is 0 Å². The molecule has 1 saturated heterocycles. The highest BCUT2D eigenvalue weighted by atomic mass is 16.2. The summed E-state index contributed by atoms with van der Waals surface area (Å²) in [5.74, 6) is 0.133. The van der Waals surface area contributed by atoms with Gasteiger partial charge in [0.25, 0.3) is 0 Å². The smallest absolute Gasteiger partial charge is 0.237 e. The molecule has 0 aromatic carbocycles. The van der Waals surface area contributed by atoms with Gasteiger partial charge in [0, 0.05) is 25.3 Å². The summed E-state index contributed by atoms with van der Waals surface area (Å²) in [6, 6.07) is 0.612. The zero-order chi connectivity index (χ0) is 11.7. The van der Waals surface area contributed by atoms with Crippen molar-refractivity contribution in [2.24, 2.45) is 0 Å². The van der Waals surface area contributed by atoms with Crippen LogP contribution in [0.5, 0.6) is 0 Å². The number of imidazole rings is 1. The van der Waals surface area contributed by atoms with Gasteiger partial charge < -0.3 is 15.2 Å². The Labute approximate surface area is 101 Å². The molecule has 2 N–H and O–H groups in total. The molecule has 1 amide bonds. The van der Waals surface area contributed by atoms with Gasteiger partial charge >= 0.3 is 0 Å². The molecule has 0 spiro atoms. The van der Waals surface area contributed by atoms with Gasteiger partial charge in [-0.15, -0.1) is 0 Å². The van der Waals surface area contributed by atoms with Crippen molar-refractivity contribution < 1.29 is 4.79 Å². The summed E-state index contributed by atoms with van der Waals surface area (Å²) >= 11 is 0. The number of piperidine rings is 1. The van der Waals surface area contributed by atoms with Gasteiger partial charge in [-0.2, -0.15) is 0 Å². The van der Waals surface area contributed by atoms with Crippen molar-refractivity contribution in [3.05, 3.63) is 18.2 Å². The molecule has 3 rings (SSSR count). The van der Waals surface area contributed by atoms with Crippen molar-refractivity contribution in [2.45, 2.75) is 44.3 Å². The quantitative estimate of drug-likeness (QED) is 0.801. The molecule has 1 atom stereocenters. The Bertz CT molecular complexity index is 410. The monoisotopic (exact) mass is 234 g/mol. The number of nitrogens with one attached hydrogen (secondary N) is 2. The maximum Gasteiger partial charge on any atom is 0.237 e. The molecule has 2 aliphatic rings. The lowest BCUT2D eigenvalue weighted by Crippen LogP contribution is -2.48. The van der Waals surface area contributed by atoms with E-state index in [0.29, 0.717) is 6.04 Å². The fourth-order valence-corrected chi connectivity index (χ4v) is 2.35. The Kier molecular flexibility index (Phi) is 2.84. The first kappa shape index (κ1) is 10.8. The first-order chi connectivity index (χ1) is 8.34. The molecule has 5 nitrogen and oxygen atoms in total. The van der Waals surface area contributed by atoms with E-state index in [0.717, 1.165) is 25.9 Å². The van der Waals surface area contributed by atoms with Gasteiger partial charge in [0.15, 0.2) is 0 Å². The number of amides is 1. The van der Waals surface area contributed by atoms with Gasteiger partial charge in [-0.25, -0.2) is 4.98 Å². The molecule has 17 heavy (non-hydrogen) atoms. The molecule has 1 aromatic rings.